The summed E-state index contributed by atoms with van der Waals surface area (Å²) < 4.78 is 28.6. The number of nitrogens with one attached hydrogen (secondary N) is 1. The van der Waals surface area contributed by atoms with Crippen LogP contribution in [0.4, 0.5) is 5.69 Å². The molecule has 0 amide bonds. The van der Waals surface area contributed by atoms with Crippen LogP contribution in [-0.2, 0) is 10.2 Å². The number of anilines is 1. The predicted molar refractivity (Wildman–Crippen MR) is 72.9 cm³/mol. The quantitative estimate of drug-likeness (QED) is 0.861. The molecule has 0 aromatic carbocycles. The molecule has 1 aliphatic rings. The standard InChI is InChI=1S/C12H19N3O3S/c1-10-12(6-4-7-13-10)14-19(17,18)15-8-3-2-5-11(15)9-16/h4,6-7,11,14,16H,2-3,5,8-9H2,1H3. The molecule has 1 aliphatic heterocycles. The molecule has 0 saturated carbocycles. The van der Waals surface area contributed by atoms with E-state index in [4.69, 9.17) is 0 Å². The molecule has 0 spiro atoms. The molecule has 0 bridgehead atoms. The van der Waals surface area contributed by atoms with Gasteiger partial charge in [0.1, 0.15) is 0 Å². The van der Waals surface area contributed by atoms with Crippen molar-refractivity contribution in [1.82, 2.24) is 9.29 Å². The average Bonchev–Trinajstić information content (AvgIpc) is 2.41. The maximum Gasteiger partial charge on any atom is 0.302 e. The molecule has 106 valence electrons. The minimum Gasteiger partial charge on any atom is -0.395 e. The van der Waals surface area contributed by atoms with Crippen LogP contribution >= 0.6 is 0 Å². The summed E-state index contributed by atoms with van der Waals surface area (Å²) in [6.07, 6.45) is 4.08. The van der Waals surface area contributed by atoms with Crippen molar-refractivity contribution in [3.05, 3.63) is 24.0 Å². The Labute approximate surface area is 113 Å². The summed E-state index contributed by atoms with van der Waals surface area (Å²) in [7, 11) is -3.64. The lowest BCUT2D eigenvalue weighted by Crippen LogP contribution is -2.48. The van der Waals surface area contributed by atoms with Crippen LogP contribution in [0.1, 0.15) is 25.0 Å². The lowest BCUT2D eigenvalue weighted by Gasteiger charge is -2.33. The molecule has 2 rings (SSSR count). The molecule has 0 radical (unpaired) electrons. The molecule has 0 aliphatic carbocycles. The summed E-state index contributed by atoms with van der Waals surface area (Å²) in [4.78, 5) is 4.05. The van der Waals surface area contributed by atoms with Gasteiger partial charge in [-0.15, -0.1) is 0 Å². The van der Waals surface area contributed by atoms with E-state index in [-0.39, 0.29) is 12.6 Å². The number of pyridine rings is 1. The van der Waals surface area contributed by atoms with Gasteiger partial charge in [0.2, 0.25) is 0 Å². The monoisotopic (exact) mass is 285 g/mol. The molecule has 1 aromatic heterocycles. The Bertz CT molecular complexity index is 533. The van der Waals surface area contributed by atoms with E-state index in [9.17, 15) is 13.5 Å². The molecule has 6 nitrogen and oxygen atoms in total. The van der Waals surface area contributed by atoms with Crippen LogP contribution in [0.15, 0.2) is 18.3 Å². The molecule has 1 atom stereocenters. The van der Waals surface area contributed by atoms with Gasteiger partial charge in [-0.1, -0.05) is 6.42 Å². The van der Waals surface area contributed by atoms with E-state index in [0.717, 1.165) is 12.8 Å². The van der Waals surface area contributed by atoms with Crippen molar-refractivity contribution in [2.75, 3.05) is 17.9 Å². The van der Waals surface area contributed by atoms with Crippen LogP contribution in [0.2, 0.25) is 0 Å². The fourth-order valence-electron chi connectivity index (χ4n) is 2.26. The lowest BCUT2D eigenvalue weighted by molar-refractivity contribution is 0.156. The van der Waals surface area contributed by atoms with Gasteiger partial charge in [0.05, 0.1) is 18.0 Å². The highest BCUT2D eigenvalue weighted by Crippen LogP contribution is 2.22. The Kier molecular flexibility index (Phi) is 4.38. The number of hydrogen-bond donors (Lipinski definition) is 2. The van der Waals surface area contributed by atoms with Crippen LogP contribution < -0.4 is 4.72 Å². The van der Waals surface area contributed by atoms with Crippen LogP contribution in [-0.4, -0.2) is 42.0 Å². The van der Waals surface area contributed by atoms with E-state index in [0.29, 0.717) is 24.3 Å². The van der Waals surface area contributed by atoms with Crippen LogP contribution in [0, 0.1) is 6.92 Å². The summed E-state index contributed by atoms with van der Waals surface area (Å²) >= 11 is 0. The van der Waals surface area contributed by atoms with Gasteiger partial charge in [0.25, 0.3) is 0 Å². The van der Waals surface area contributed by atoms with Gasteiger partial charge in [-0.3, -0.25) is 9.71 Å². The van der Waals surface area contributed by atoms with E-state index in [1.54, 1.807) is 25.3 Å². The van der Waals surface area contributed by atoms with E-state index in [1.165, 1.54) is 4.31 Å². The SMILES string of the molecule is Cc1ncccc1NS(=O)(=O)N1CCCCC1CO. The maximum absolute atomic E-state index is 12.4. The molecule has 7 heteroatoms. The van der Waals surface area contributed by atoms with Crippen LogP contribution in [0.3, 0.4) is 0 Å². The second-order valence-corrected chi connectivity index (χ2v) is 6.31. The molecule has 1 saturated heterocycles. The first kappa shape index (κ1) is 14.2. The van der Waals surface area contributed by atoms with E-state index in [1.807, 2.05) is 0 Å². The first-order valence-electron chi connectivity index (χ1n) is 6.36. The fraction of sp³-hybridized carbons (Fsp3) is 0.583. The van der Waals surface area contributed by atoms with Crippen molar-refractivity contribution in [2.45, 2.75) is 32.2 Å². The topological polar surface area (TPSA) is 82.5 Å². The number of aromatic nitrogens is 1. The van der Waals surface area contributed by atoms with Crippen molar-refractivity contribution < 1.29 is 13.5 Å². The first-order chi connectivity index (χ1) is 9.04. The van der Waals surface area contributed by atoms with Gasteiger partial charge in [-0.2, -0.15) is 12.7 Å². The molecule has 1 unspecified atom stereocenters. The Morgan fingerprint density at radius 2 is 2.32 bits per heavy atom. The van der Waals surface area contributed by atoms with Gasteiger partial charge in [-0.25, -0.2) is 0 Å². The van der Waals surface area contributed by atoms with Crippen molar-refractivity contribution in [3.8, 4) is 0 Å². The first-order valence-corrected chi connectivity index (χ1v) is 7.80. The zero-order chi connectivity index (χ0) is 13.9. The Balaban J connectivity index is 2.20. The van der Waals surface area contributed by atoms with Crippen molar-refractivity contribution in [2.24, 2.45) is 0 Å². The second kappa shape index (κ2) is 5.85. The minimum absolute atomic E-state index is 0.146. The third kappa shape index (κ3) is 3.23. The number of aryl methyl sites for hydroxylation is 1. The normalized spacial score (nSPS) is 21.3. The number of rotatable bonds is 4. The Morgan fingerprint density at radius 1 is 1.53 bits per heavy atom. The fourth-order valence-corrected chi connectivity index (χ4v) is 3.81. The Hall–Kier alpha value is -1.18. The molecule has 2 heterocycles. The highest BCUT2D eigenvalue weighted by molar-refractivity contribution is 7.90. The van der Waals surface area contributed by atoms with E-state index in [2.05, 4.69) is 9.71 Å². The molecule has 19 heavy (non-hydrogen) atoms. The predicted octanol–water partition coefficient (Wildman–Crippen LogP) is 0.894. The summed E-state index contributed by atoms with van der Waals surface area (Å²) in [5, 5.41) is 9.30. The lowest BCUT2D eigenvalue weighted by atomic mass is 10.1. The number of nitrogens with zero attached hydrogens (tertiary/aromatic N) is 2. The zero-order valence-electron chi connectivity index (χ0n) is 10.9. The second-order valence-electron chi connectivity index (χ2n) is 4.69. The van der Waals surface area contributed by atoms with Gasteiger partial charge in [-0.05, 0) is 31.9 Å². The number of piperidine rings is 1. The van der Waals surface area contributed by atoms with Crippen LogP contribution in [0.5, 0.6) is 0 Å². The molecule has 2 N–H and O–H groups in total. The smallest absolute Gasteiger partial charge is 0.302 e. The number of aliphatic hydroxyl groups is 1. The summed E-state index contributed by atoms with van der Waals surface area (Å²) in [6.45, 7) is 2.05. The Morgan fingerprint density at radius 3 is 3.00 bits per heavy atom. The highest BCUT2D eigenvalue weighted by Gasteiger charge is 2.32. The van der Waals surface area contributed by atoms with Crippen molar-refractivity contribution in [3.63, 3.8) is 0 Å². The summed E-state index contributed by atoms with van der Waals surface area (Å²) in [5.74, 6) is 0. The molecule has 1 fully saturated rings. The third-order valence-corrected chi connectivity index (χ3v) is 4.91. The van der Waals surface area contributed by atoms with Gasteiger partial charge < -0.3 is 5.11 Å². The summed E-state index contributed by atoms with van der Waals surface area (Å²) in [6, 6.07) is 3.03. The van der Waals surface area contributed by atoms with Crippen molar-refractivity contribution in [1.29, 1.82) is 0 Å². The van der Waals surface area contributed by atoms with Gasteiger partial charge in [0, 0.05) is 18.8 Å². The maximum atomic E-state index is 12.4. The van der Waals surface area contributed by atoms with E-state index >= 15 is 0 Å². The minimum atomic E-state index is -3.64. The van der Waals surface area contributed by atoms with E-state index < -0.39 is 10.2 Å². The van der Waals surface area contributed by atoms with Crippen LogP contribution in [0.25, 0.3) is 0 Å². The highest BCUT2D eigenvalue weighted by atomic mass is 32.2. The zero-order valence-corrected chi connectivity index (χ0v) is 11.7. The average molecular weight is 285 g/mol. The number of aliphatic hydroxyl groups excluding tert-OH is 1. The number of hydrogen-bond acceptors (Lipinski definition) is 4. The third-order valence-electron chi connectivity index (χ3n) is 3.34. The molecule has 1 aromatic rings. The molecular formula is C12H19N3O3S. The summed E-state index contributed by atoms with van der Waals surface area (Å²) in [5.41, 5.74) is 1.10. The van der Waals surface area contributed by atoms with Gasteiger partial charge >= 0.3 is 10.2 Å². The molecular weight excluding hydrogens is 266 g/mol. The largest absolute Gasteiger partial charge is 0.395 e. The van der Waals surface area contributed by atoms with Gasteiger partial charge in [0.15, 0.2) is 0 Å². The van der Waals surface area contributed by atoms with Crippen molar-refractivity contribution >= 4 is 15.9 Å².